The maximum absolute atomic E-state index is 12.6. The van der Waals surface area contributed by atoms with Gasteiger partial charge in [0.1, 0.15) is 0 Å². The summed E-state index contributed by atoms with van der Waals surface area (Å²) in [4.78, 5) is 20.2. The van der Waals surface area contributed by atoms with Gasteiger partial charge in [-0.1, -0.05) is 18.6 Å². The molecule has 2 heterocycles. The summed E-state index contributed by atoms with van der Waals surface area (Å²) in [6.07, 6.45) is 2.01. The van der Waals surface area contributed by atoms with Crippen LogP contribution in [0.3, 0.4) is 0 Å². The molecule has 0 bridgehead atoms. The number of benzene rings is 1. The molecule has 1 saturated heterocycles. The van der Waals surface area contributed by atoms with E-state index in [4.69, 9.17) is 17.0 Å². The van der Waals surface area contributed by atoms with Crippen molar-refractivity contribution < 1.29 is 4.74 Å². The minimum atomic E-state index is -0.0437. The quantitative estimate of drug-likeness (QED) is 0.645. The average Bonchev–Trinajstić information content (AvgIpc) is 2.72. The minimum Gasteiger partial charge on any atom is -0.379 e. The molecule has 2 N–H and O–H groups in total. The molecule has 0 radical (unpaired) electrons. The van der Waals surface area contributed by atoms with Gasteiger partial charge in [-0.25, -0.2) is 0 Å². The van der Waals surface area contributed by atoms with Gasteiger partial charge in [-0.15, -0.1) is 0 Å². The maximum Gasteiger partial charge on any atom is 0.253 e. The van der Waals surface area contributed by atoms with Crippen LogP contribution in [-0.2, 0) is 11.3 Å². The zero-order valence-electron chi connectivity index (χ0n) is 17.5. The number of hydrogen-bond donors (Lipinski definition) is 2. The smallest absolute Gasteiger partial charge is 0.253 e. The van der Waals surface area contributed by atoms with Gasteiger partial charge >= 0.3 is 0 Å². The molecule has 0 saturated carbocycles. The van der Waals surface area contributed by atoms with Crippen molar-refractivity contribution >= 4 is 28.2 Å². The van der Waals surface area contributed by atoms with Crippen molar-refractivity contribution in [3.63, 3.8) is 0 Å². The highest BCUT2D eigenvalue weighted by Gasteiger charge is 2.15. The minimum absolute atomic E-state index is 0.0437. The van der Waals surface area contributed by atoms with Crippen LogP contribution in [0, 0.1) is 6.92 Å². The molecule has 7 heteroatoms. The second-order valence-corrected chi connectivity index (χ2v) is 8.06. The normalized spacial score (nSPS) is 14.8. The average molecular weight is 417 g/mol. The number of ether oxygens (including phenoxy) is 1. The summed E-state index contributed by atoms with van der Waals surface area (Å²) in [7, 11) is 0. The van der Waals surface area contributed by atoms with E-state index < -0.39 is 0 Å². The Bertz CT molecular complexity index is 877. The second-order valence-electron chi connectivity index (χ2n) is 7.68. The summed E-state index contributed by atoms with van der Waals surface area (Å²) in [5.41, 5.74) is 2.75. The Morgan fingerprint density at radius 2 is 2.10 bits per heavy atom. The van der Waals surface area contributed by atoms with E-state index in [9.17, 15) is 4.79 Å². The van der Waals surface area contributed by atoms with Crippen LogP contribution in [0.5, 0.6) is 0 Å². The fraction of sp³-hybridized carbons (Fsp3) is 0.545. The molecule has 0 atom stereocenters. The van der Waals surface area contributed by atoms with Gasteiger partial charge in [0.25, 0.3) is 5.56 Å². The summed E-state index contributed by atoms with van der Waals surface area (Å²) in [5.74, 6) is 0. The number of thiocarbonyl (C=S) groups is 1. The number of morpholine rings is 1. The Morgan fingerprint density at radius 3 is 2.86 bits per heavy atom. The van der Waals surface area contributed by atoms with Crippen molar-refractivity contribution in [3.8, 4) is 0 Å². The predicted molar refractivity (Wildman–Crippen MR) is 122 cm³/mol. The number of H-pyrrole nitrogens is 1. The number of fused-ring (bicyclic) bond motifs is 1. The first-order valence-corrected chi connectivity index (χ1v) is 10.9. The molecule has 0 unspecified atom stereocenters. The Labute approximate surface area is 178 Å². The number of aromatic amines is 1. The maximum atomic E-state index is 12.6. The van der Waals surface area contributed by atoms with Crippen molar-refractivity contribution in [1.82, 2.24) is 20.1 Å². The number of nitrogens with one attached hydrogen (secondary N) is 2. The molecule has 1 aromatic carbocycles. The number of pyridine rings is 1. The lowest BCUT2D eigenvalue weighted by Crippen LogP contribution is -2.43. The summed E-state index contributed by atoms with van der Waals surface area (Å²) in [6.45, 7) is 11.0. The monoisotopic (exact) mass is 416 g/mol. The van der Waals surface area contributed by atoms with Crippen molar-refractivity contribution in [2.24, 2.45) is 0 Å². The first-order valence-electron chi connectivity index (χ1n) is 10.5. The first kappa shape index (κ1) is 21.7. The number of aryl methyl sites for hydroxylation is 1. The van der Waals surface area contributed by atoms with E-state index in [0.717, 1.165) is 80.4 Å². The fourth-order valence-electron chi connectivity index (χ4n) is 3.60. The molecule has 3 rings (SSSR count). The van der Waals surface area contributed by atoms with E-state index in [-0.39, 0.29) is 5.56 Å². The second kappa shape index (κ2) is 10.7. The third kappa shape index (κ3) is 6.26. The zero-order valence-corrected chi connectivity index (χ0v) is 18.3. The largest absolute Gasteiger partial charge is 0.379 e. The van der Waals surface area contributed by atoms with Crippen LogP contribution in [-0.4, -0.2) is 65.8 Å². The Hall–Kier alpha value is -1.96. The van der Waals surface area contributed by atoms with Gasteiger partial charge < -0.3 is 19.9 Å². The number of nitrogens with zero attached hydrogens (tertiary/aromatic N) is 2. The van der Waals surface area contributed by atoms with Crippen molar-refractivity contribution in [2.45, 2.75) is 33.2 Å². The highest BCUT2D eigenvalue weighted by Crippen LogP contribution is 2.14. The molecule has 29 heavy (non-hydrogen) atoms. The van der Waals surface area contributed by atoms with Gasteiger partial charge in [-0.2, -0.15) is 0 Å². The summed E-state index contributed by atoms with van der Waals surface area (Å²) < 4.78 is 5.42. The molecular formula is C22H32N4O2S. The fourth-order valence-corrected chi connectivity index (χ4v) is 3.86. The first-order chi connectivity index (χ1) is 14.1. The third-order valence-corrected chi connectivity index (χ3v) is 5.66. The van der Waals surface area contributed by atoms with Gasteiger partial charge in [0, 0.05) is 43.8 Å². The van der Waals surface area contributed by atoms with Gasteiger partial charge in [-0.3, -0.25) is 9.69 Å². The number of hydrogen-bond acceptors (Lipinski definition) is 4. The molecule has 0 aliphatic carbocycles. The van der Waals surface area contributed by atoms with Crippen LogP contribution in [0.1, 0.15) is 30.9 Å². The van der Waals surface area contributed by atoms with Crippen LogP contribution in [0.15, 0.2) is 29.1 Å². The Balaban J connectivity index is 1.71. The molecule has 1 aliphatic rings. The Morgan fingerprint density at radius 1 is 1.31 bits per heavy atom. The predicted octanol–water partition coefficient (Wildman–Crippen LogP) is 2.65. The van der Waals surface area contributed by atoms with Gasteiger partial charge in [-0.05, 0) is 55.6 Å². The van der Waals surface area contributed by atoms with Gasteiger partial charge in [0.05, 0.1) is 19.8 Å². The van der Waals surface area contributed by atoms with Crippen LogP contribution in [0.4, 0.5) is 0 Å². The van der Waals surface area contributed by atoms with Crippen LogP contribution >= 0.6 is 12.2 Å². The van der Waals surface area contributed by atoms with Crippen molar-refractivity contribution in [1.29, 1.82) is 0 Å². The van der Waals surface area contributed by atoms with Crippen LogP contribution in [0.25, 0.3) is 10.9 Å². The molecule has 6 nitrogen and oxygen atoms in total. The summed E-state index contributed by atoms with van der Waals surface area (Å²) in [6, 6.07) is 8.08. The summed E-state index contributed by atoms with van der Waals surface area (Å²) >= 11 is 5.64. The standard InChI is InChI=1S/C22H32N4O2S/c1-3-7-23-22(29)26(9-4-8-25-10-12-28-13-11-25)16-19-15-18-14-17(2)5-6-20(18)24-21(19)27/h5-6,14-15H,3-4,7-13,16H2,1-2H3,(H,23,29)(H,24,27). The Kier molecular flexibility index (Phi) is 8.03. The van der Waals surface area contributed by atoms with Crippen LogP contribution in [0.2, 0.25) is 0 Å². The van der Waals surface area contributed by atoms with Crippen LogP contribution < -0.4 is 10.9 Å². The molecule has 1 fully saturated rings. The molecule has 1 aliphatic heterocycles. The molecule has 2 aromatic rings. The van der Waals surface area contributed by atoms with Crippen molar-refractivity contribution in [3.05, 3.63) is 45.7 Å². The van der Waals surface area contributed by atoms with E-state index in [0.29, 0.717) is 6.54 Å². The van der Waals surface area contributed by atoms with Gasteiger partial charge in [0.15, 0.2) is 5.11 Å². The van der Waals surface area contributed by atoms with Gasteiger partial charge in [0.2, 0.25) is 0 Å². The lowest BCUT2D eigenvalue weighted by Gasteiger charge is -2.29. The lowest BCUT2D eigenvalue weighted by atomic mass is 10.1. The van der Waals surface area contributed by atoms with E-state index in [1.54, 1.807) is 0 Å². The van der Waals surface area contributed by atoms with Crippen molar-refractivity contribution in [2.75, 3.05) is 45.9 Å². The SMILES string of the molecule is CCCNC(=S)N(CCCN1CCOCC1)Cc1cc2cc(C)ccc2[nH]c1=O. The third-order valence-electron chi connectivity index (χ3n) is 5.26. The number of rotatable bonds is 8. The molecular weight excluding hydrogens is 384 g/mol. The highest BCUT2D eigenvalue weighted by molar-refractivity contribution is 7.80. The molecule has 0 spiro atoms. The highest BCUT2D eigenvalue weighted by atomic mass is 32.1. The van der Waals surface area contributed by atoms with E-state index in [2.05, 4.69) is 40.0 Å². The summed E-state index contributed by atoms with van der Waals surface area (Å²) in [5, 5.41) is 5.09. The molecule has 158 valence electrons. The topological polar surface area (TPSA) is 60.6 Å². The molecule has 0 amide bonds. The van der Waals surface area contributed by atoms with E-state index in [1.807, 2.05) is 18.2 Å². The van der Waals surface area contributed by atoms with E-state index in [1.165, 1.54) is 5.56 Å². The van der Waals surface area contributed by atoms with E-state index >= 15 is 0 Å². The zero-order chi connectivity index (χ0) is 20.6. The lowest BCUT2D eigenvalue weighted by molar-refractivity contribution is 0.0367. The molecule has 1 aromatic heterocycles. The number of aromatic nitrogens is 1.